The molecule has 5 aliphatic rings. The lowest BCUT2D eigenvalue weighted by Crippen LogP contribution is -2.66. The number of allylic oxidation sites excluding steroid dienone is 1. The second-order valence-electron chi connectivity index (χ2n) is 12.0. The van der Waals surface area contributed by atoms with Gasteiger partial charge < -0.3 is 28.4 Å². The molecule has 0 N–H and O–H groups in total. The molecule has 0 aromatic heterocycles. The molecular weight excluding hydrogens is 496 g/mol. The van der Waals surface area contributed by atoms with Crippen LogP contribution in [0, 0.1) is 11.3 Å². The Morgan fingerprint density at radius 3 is 2.34 bits per heavy atom. The fourth-order valence-electron chi connectivity index (χ4n) is 7.51. The van der Waals surface area contributed by atoms with E-state index in [0.29, 0.717) is 25.7 Å². The number of rotatable bonds is 5. The highest BCUT2D eigenvalue weighted by atomic mass is 16.7. The molecule has 10 heteroatoms. The van der Waals surface area contributed by atoms with E-state index in [-0.39, 0.29) is 18.5 Å². The van der Waals surface area contributed by atoms with Crippen molar-refractivity contribution in [3.63, 3.8) is 0 Å². The number of hydrogen-bond donors (Lipinski definition) is 0. The van der Waals surface area contributed by atoms with Gasteiger partial charge in [0.2, 0.25) is 0 Å². The Labute approximate surface area is 222 Å². The number of carbonyl (C=O) groups excluding carboxylic acids is 4. The van der Waals surface area contributed by atoms with Crippen LogP contribution in [0.4, 0.5) is 0 Å². The van der Waals surface area contributed by atoms with Gasteiger partial charge in [-0.15, -0.1) is 0 Å². The van der Waals surface area contributed by atoms with Crippen LogP contribution in [0.1, 0.15) is 80.6 Å². The van der Waals surface area contributed by atoms with E-state index >= 15 is 0 Å². The van der Waals surface area contributed by atoms with Crippen LogP contribution < -0.4 is 0 Å². The lowest BCUT2D eigenvalue weighted by molar-refractivity contribution is -0.213. The number of esters is 4. The summed E-state index contributed by atoms with van der Waals surface area (Å²) in [5.74, 6) is -2.57. The van der Waals surface area contributed by atoms with Gasteiger partial charge in [-0.25, -0.2) is 4.79 Å². The largest absolute Gasteiger partial charge is 0.462 e. The zero-order valence-electron chi connectivity index (χ0n) is 23.2. The van der Waals surface area contributed by atoms with Crippen molar-refractivity contribution in [3.05, 3.63) is 11.6 Å². The predicted molar refractivity (Wildman–Crippen MR) is 130 cm³/mol. The van der Waals surface area contributed by atoms with Crippen LogP contribution in [0.5, 0.6) is 0 Å². The standard InChI is InChI=1S/C28H38O10/c1-8-9-21(31)35-17-11-10-14(2)12-20-28(27(7,38-28)24(32)36-20)23(34-16(4)30)22-25(17,5)18(33-15(3)29)13-19-26(22,6)37-19/h12,17-20,22-23H,8-11,13H2,1-7H3/b14-12-/t17-,18+,19-,20+,22-,23-,25+,26-,27+,28+/m1/s1. The highest BCUT2D eigenvalue weighted by molar-refractivity contribution is 5.89. The Kier molecular flexibility index (Phi) is 6.26. The molecule has 0 aromatic rings. The first-order valence-electron chi connectivity index (χ1n) is 13.5. The van der Waals surface area contributed by atoms with Crippen LogP contribution >= 0.6 is 0 Å². The van der Waals surface area contributed by atoms with E-state index in [1.54, 1.807) is 6.92 Å². The molecule has 210 valence electrons. The van der Waals surface area contributed by atoms with E-state index in [1.807, 2.05) is 33.8 Å². The molecule has 2 aliphatic carbocycles. The van der Waals surface area contributed by atoms with Gasteiger partial charge in [-0.2, -0.15) is 0 Å². The second-order valence-corrected chi connectivity index (χ2v) is 12.0. The molecule has 0 unspecified atom stereocenters. The molecular formula is C28H38O10. The van der Waals surface area contributed by atoms with Crippen molar-refractivity contribution in [2.24, 2.45) is 11.3 Å². The zero-order chi connectivity index (χ0) is 27.8. The molecule has 38 heavy (non-hydrogen) atoms. The average Bonchev–Trinajstić information content (AvgIpc) is 3.64. The minimum atomic E-state index is -1.34. The summed E-state index contributed by atoms with van der Waals surface area (Å²) >= 11 is 0. The summed E-state index contributed by atoms with van der Waals surface area (Å²) in [5, 5.41) is 0. The molecule has 3 heterocycles. The first-order chi connectivity index (χ1) is 17.7. The van der Waals surface area contributed by atoms with Crippen molar-refractivity contribution in [3.8, 4) is 0 Å². The van der Waals surface area contributed by atoms with Crippen LogP contribution in [0.2, 0.25) is 0 Å². The van der Waals surface area contributed by atoms with E-state index in [2.05, 4.69) is 0 Å². The number of hydrogen-bond acceptors (Lipinski definition) is 10. The van der Waals surface area contributed by atoms with E-state index in [1.165, 1.54) is 13.8 Å². The van der Waals surface area contributed by atoms with Crippen LogP contribution in [0.25, 0.3) is 0 Å². The fraction of sp³-hybridized carbons (Fsp3) is 0.786. The predicted octanol–water partition coefficient (Wildman–Crippen LogP) is 2.94. The van der Waals surface area contributed by atoms with Crippen LogP contribution in [0.3, 0.4) is 0 Å². The van der Waals surface area contributed by atoms with Gasteiger partial charge in [-0.3, -0.25) is 14.4 Å². The van der Waals surface area contributed by atoms with E-state index in [9.17, 15) is 19.2 Å². The number of ether oxygens (including phenoxy) is 6. The molecule has 10 atom stereocenters. The number of fused-ring (bicyclic) bond motifs is 3. The summed E-state index contributed by atoms with van der Waals surface area (Å²) in [5.41, 5.74) is -3.59. The Morgan fingerprint density at radius 1 is 1.05 bits per heavy atom. The lowest BCUT2D eigenvalue weighted by Gasteiger charge is -2.54. The molecule has 4 fully saturated rings. The number of carbonyl (C=O) groups is 4. The summed E-state index contributed by atoms with van der Waals surface area (Å²) in [4.78, 5) is 50.9. The first-order valence-corrected chi connectivity index (χ1v) is 13.5. The van der Waals surface area contributed by atoms with Crippen molar-refractivity contribution in [2.45, 2.75) is 128 Å². The SMILES string of the molecule is CCCC(=O)O[C@@H]1CC/C(C)=C\[C@@H]2OC(=O)[C@]3(C)O[C@]23[C@H](OC(C)=O)[C@H]2[C@]3(C)O[C@@H]3C[C@H](OC(C)=O)[C@]12C. The maximum atomic E-state index is 13.0. The first kappa shape index (κ1) is 27.1. The third kappa shape index (κ3) is 3.73. The summed E-state index contributed by atoms with van der Waals surface area (Å²) in [6.45, 7) is 12.0. The Bertz CT molecular complexity index is 1100. The van der Waals surface area contributed by atoms with Gasteiger partial charge in [-0.05, 0) is 46.1 Å². The highest BCUT2D eigenvalue weighted by Crippen LogP contribution is 2.69. The summed E-state index contributed by atoms with van der Waals surface area (Å²) in [6, 6.07) is 0. The fourth-order valence-corrected chi connectivity index (χ4v) is 7.51. The third-order valence-electron chi connectivity index (χ3n) is 9.50. The van der Waals surface area contributed by atoms with Crippen molar-refractivity contribution in [1.29, 1.82) is 0 Å². The molecule has 0 radical (unpaired) electrons. The van der Waals surface area contributed by atoms with Crippen LogP contribution in [0.15, 0.2) is 11.6 Å². The average molecular weight is 535 g/mol. The maximum absolute atomic E-state index is 13.0. The van der Waals surface area contributed by atoms with E-state index in [4.69, 9.17) is 28.4 Å². The molecule has 0 amide bonds. The van der Waals surface area contributed by atoms with Crippen molar-refractivity contribution >= 4 is 23.9 Å². The molecule has 1 spiro atoms. The third-order valence-corrected chi connectivity index (χ3v) is 9.50. The summed E-state index contributed by atoms with van der Waals surface area (Å²) < 4.78 is 36.5. The van der Waals surface area contributed by atoms with Gasteiger partial charge in [0.15, 0.2) is 17.3 Å². The molecule has 10 nitrogen and oxygen atoms in total. The van der Waals surface area contributed by atoms with E-state index in [0.717, 1.165) is 5.57 Å². The van der Waals surface area contributed by atoms with Crippen LogP contribution in [-0.4, -0.2) is 71.2 Å². The monoisotopic (exact) mass is 534 g/mol. The zero-order valence-corrected chi connectivity index (χ0v) is 23.2. The molecule has 3 aliphatic heterocycles. The van der Waals surface area contributed by atoms with Gasteiger partial charge in [0.25, 0.3) is 0 Å². The van der Waals surface area contributed by atoms with E-state index < -0.39 is 70.5 Å². The maximum Gasteiger partial charge on any atom is 0.342 e. The van der Waals surface area contributed by atoms with Crippen molar-refractivity contribution in [1.82, 2.24) is 0 Å². The second kappa shape index (κ2) is 8.78. The smallest absolute Gasteiger partial charge is 0.342 e. The quantitative estimate of drug-likeness (QED) is 0.225. The lowest BCUT2D eigenvalue weighted by atomic mass is 9.53. The summed E-state index contributed by atoms with van der Waals surface area (Å²) in [7, 11) is 0. The molecule has 3 saturated heterocycles. The van der Waals surface area contributed by atoms with Gasteiger partial charge in [0.05, 0.1) is 17.1 Å². The van der Waals surface area contributed by atoms with Gasteiger partial charge in [-0.1, -0.05) is 19.4 Å². The normalized spacial score (nSPS) is 48.0. The molecule has 0 bridgehead atoms. The Balaban J connectivity index is 1.73. The molecule has 1 saturated carbocycles. The topological polar surface area (TPSA) is 130 Å². The van der Waals surface area contributed by atoms with Gasteiger partial charge >= 0.3 is 23.9 Å². The van der Waals surface area contributed by atoms with Crippen molar-refractivity contribution < 1.29 is 47.6 Å². The van der Waals surface area contributed by atoms with Gasteiger partial charge in [0.1, 0.15) is 18.3 Å². The Hall–Kier alpha value is -2.46. The van der Waals surface area contributed by atoms with Gasteiger partial charge in [0, 0.05) is 32.6 Å². The number of epoxide rings is 2. The minimum Gasteiger partial charge on any atom is -0.462 e. The van der Waals surface area contributed by atoms with Crippen LogP contribution in [-0.2, 0) is 47.6 Å². The summed E-state index contributed by atoms with van der Waals surface area (Å²) in [6.07, 6.45) is 0.583. The molecule has 5 rings (SSSR count). The molecule has 0 aromatic carbocycles. The van der Waals surface area contributed by atoms with Crippen molar-refractivity contribution in [2.75, 3.05) is 0 Å². The Morgan fingerprint density at radius 2 is 1.74 bits per heavy atom. The highest BCUT2D eigenvalue weighted by Gasteiger charge is 2.89. The minimum absolute atomic E-state index is 0.240.